The third-order valence-electron chi connectivity index (χ3n) is 4.38. The van der Waals surface area contributed by atoms with Crippen molar-refractivity contribution in [1.29, 1.82) is 0 Å². The number of amides is 2. The monoisotopic (exact) mass is 472 g/mol. The van der Waals surface area contributed by atoms with Gasteiger partial charge in [-0.2, -0.15) is 0 Å². The molecule has 0 aromatic heterocycles. The number of carbonyl (C=O) groups is 2. The predicted octanol–water partition coefficient (Wildman–Crippen LogP) is 2.51. The van der Waals surface area contributed by atoms with Crippen LogP contribution in [-0.2, 0) is 14.8 Å². The summed E-state index contributed by atoms with van der Waals surface area (Å²) in [6.45, 7) is -0.0845. The largest absolute Gasteiger partial charge is 0.497 e. The minimum absolute atomic E-state index is 0.0845. The van der Waals surface area contributed by atoms with E-state index in [1.165, 1.54) is 36.4 Å². The number of anilines is 2. The molecule has 3 aromatic rings. The highest BCUT2D eigenvalue weighted by atomic mass is 32.2. The minimum Gasteiger partial charge on any atom is -0.497 e. The number of ether oxygens (including phenoxy) is 1. The number of halogens is 1. The number of hydrogen-bond acceptors (Lipinski definition) is 6. The first-order valence-corrected chi connectivity index (χ1v) is 11.1. The molecule has 11 heteroatoms. The zero-order valence-corrected chi connectivity index (χ0v) is 18.3. The summed E-state index contributed by atoms with van der Waals surface area (Å²) in [5.74, 6) is -0.913. The molecule has 0 radical (unpaired) electrons. The molecule has 0 heterocycles. The number of sulfonamides is 1. The van der Waals surface area contributed by atoms with Crippen molar-refractivity contribution < 1.29 is 27.1 Å². The first-order valence-electron chi connectivity index (χ1n) is 9.62. The zero-order chi connectivity index (χ0) is 23.8. The second-order valence-electron chi connectivity index (χ2n) is 6.72. The topological polar surface area (TPSA) is 126 Å². The quantitative estimate of drug-likeness (QED) is 0.373. The Morgan fingerprint density at radius 2 is 1.45 bits per heavy atom. The van der Waals surface area contributed by atoms with E-state index in [-0.39, 0.29) is 22.7 Å². The van der Waals surface area contributed by atoms with Crippen LogP contribution < -0.4 is 25.6 Å². The molecule has 3 aromatic carbocycles. The van der Waals surface area contributed by atoms with Gasteiger partial charge in [0.25, 0.3) is 21.8 Å². The highest BCUT2D eigenvalue weighted by Crippen LogP contribution is 2.17. The average Bonchev–Trinajstić information content (AvgIpc) is 2.83. The lowest BCUT2D eigenvalue weighted by atomic mass is 10.2. The van der Waals surface area contributed by atoms with Gasteiger partial charge in [0.2, 0.25) is 0 Å². The van der Waals surface area contributed by atoms with Gasteiger partial charge < -0.3 is 10.1 Å². The summed E-state index contributed by atoms with van der Waals surface area (Å²) in [7, 11) is -2.37. The summed E-state index contributed by atoms with van der Waals surface area (Å²) in [5, 5.41) is 2.89. The van der Waals surface area contributed by atoms with Crippen LogP contribution in [0.3, 0.4) is 0 Å². The standard InChI is InChI=1S/C22H21FN4O5S/c1-32-19-10-8-17(9-11-19)24-14-21(28)25-26-22(29)15-2-12-20(13-3-15)33(30,31)27-18-6-4-16(23)5-7-18/h2-13,24,27H,14H2,1H3,(H,25,28)(H,26,29). The second-order valence-corrected chi connectivity index (χ2v) is 8.40. The van der Waals surface area contributed by atoms with E-state index in [9.17, 15) is 22.4 Å². The lowest BCUT2D eigenvalue weighted by Crippen LogP contribution is -2.44. The molecule has 0 fully saturated rings. The van der Waals surface area contributed by atoms with Gasteiger partial charge >= 0.3 is 0 Å². The van der Waals surface area contributed by atoms with Crippen molar-refractivity contribution in [2.24, 2.45) is 0 Å². The van der Waals surface area contributed by atoms with Crippen molar-refractivity contribution in [1.82, 2.24) is 10.9 Å². The predicted molar refractivity (Wildman–Crippen MR) is 121 cm³/mol. The third-order valence-corrected chi connectivity index (χ3v) is 5.78. The molecule has 0 saturated carbocycles. The van der Waals surface area contributed by atoms with E-state index in [2.05, 4.69) is 20.9 Å². The van der Waals surface area contributed by atoms with Crippen molar-refractivity contribution in [3.8, 4) is 5.75 Å². The van der Waals surface area contributed by atoms with Gasteiger partial charge in [0, 0.05) is 16.9 Å². The second kappa shape index (κ2) is 10.5. The molecule has 0 aliphatic carbocycles. The van der Waals surface area contributed by atoms with Crippen LogP contribution in [0.15, 0.2) is 77.7 Å². The Kier molecular flexibility index (Phi) is 7.46. The van der Waals surface area contributed by atoms with Crippen LogP contribution in [-0.4, -0.2) is 33.9 Å². The number of hydrogen-bond donors (Lipinski definition) is 4. The summed E-state index contributed by atoms with van der Waals surface area (Å²) in [6.07, 6.45) is 0. The van der Waals surface area contributed by atoms with E-state index >= 15 is 0 Å². The first-order chi connectivity index (χ1) is 15.8. The Labute approximate surface area is 190 Å². The number of carbonyl (C=O) groups excluding carboxylic acids is 2. The Balaban J connectivity index is 1.50. The van der Waals surface area contributed by atoms with Gasteiger partial charge in [0.1, 0.15) is 11.6 Å². The third kappa shape index (κ3) is 6.68. The van der Waals surface area contributed by atoms with E-state index in [1.54, 1.807) is 31.4 Å². The normalized spacial score (nSPS) is 10.7. The van der Waals surface area contributed by atoms with Crippen LogP contribution in [0.5, 0.6) is 5.75 Å². The maximum Gasteiger partial charge on any atom is 0.269 e. The van der Waals surface area contributed by atoms with E-state index in [4.69, 9.17) is 4.74 Å². The van der Waals surface area contributed by atoms with E-state index in [1.807, 2.05) is 0 Å². The SMILES string of the molecule is COc1ccc(NCC(=O)NNC(=O)c2ccc(S(=O)(=O)Nc3ccc(F)cc3)cc2)cc1. The van der Waals surface area contributed by atoms with Crippen molar-refractivity contribution in [2.75, 3.05) is 23.7 Å². The molecule has 3 rings (SSSR count). The maximum absolute atomic E-state index is 13.0. The molecule has 0 aliphatic heterocycles. The summed E-state index contributed by atoms with van der Waals surface area (Å²) < 4.78 is 45.2. The fourth-order valence-electron chi connectivity index (χ4n) is 2.65. The molecule has 2 amide bonds. The number of benzene rings is 3. The molecular weight excluding hydrogens is 451 g/mol. The van der Waals surface area contributed by atoms with Crippen LogP contribution in [0, 0.1) is 5.82 Å². The van der Waals surface area contributed by atoms with Crippen molar-refractivity contribution in [3.05, 3.63) is 84.2 Å². The van der Waals surface area contributed by atoms with E-state index in [0.29, 0.717) is 11.4 Å². The van der Waals surface area contributed by atoms with Gasteiger partial charge in [0.05, 0.1) is 18.6 Å². The van der Waals surface area contributed by atoms with Gasteiger partial charge in [-0.25, -0.2) is 12.8 Å². The zero-order valence-electron chi connectivity index (χ0n) is 17.5. The Hall–Kier alpha value is -4.12. The molecule has 33 heavy (non-hydrogen) atoms. The summed E-state index contributed by atoms with van der Waals surface area (Å²) >= 11 is 0. The lowest BCUT2D eigenvalue weighted by molar-refractivity contribution is -0.120. The van der Waals surface area contributed by atoms with Crippen molar-refractivity contribution >= 4 is 33.2 Å². The van der Waals surface area contributed by atoms with Crippen LogP contribution >= 0.6 is 0 Å². The van der Waals surface area contributed by atoms with E-state index < -0.39 is 27.7 Å². The Morgan fingerprint density at radius 1 is 0.848 bits per heavy atom. The van der Waals surface area contributed by atoms with Gasteiger partial charge in [-0.1, -0.05) is 0 Å². The molecular formula is C22H21FN4O5S. The fraction of sp³-hybridized carbons (Fsp3) is 0.0909. The molecule has 4 N–H and O–H groups in total. The highest BCUT2D eigenvalue weighted by Gasteiger charge is 2.15. The van der Waals surface area contributed by atoms with Crippen molar-refractivity contribution in [3.63, 3.8) is 0 Å². The fourth-order valence-corrected chi connectivity index (χ4v) is 3.71. The van der Waals surface area contributed by atoms with Crippen LogP contribution in [0.4, 0.5) is 15.8 Å². The van der Waals surface area contributed by atoms with E-state index in [0.717, 1.165) is 12.1 Å². The van der Waals surface area contributed by atoms with Crippen LogP contribution in [0.25, 0.3) is 0 Å². The van der Waals surface area contributed by atoms with Gasteiger partial charge in [-0.3, -0.25) is 25.2 Å². The first kappa shape index (κ1) is 23.5. The molecule has 0 aliphatic rings. The molecule has 9 nitrogen and oxygen atoms in total. The molecule has 0 saturated heterocycles. The number of hydrazine groups is 1. The molecule has 0 atom stereocenters. The van der Waals surface area contributed by atoms with Crippen molar-refractivity contribution in [2.45, 2.75) is 4.90 Å². The lowest BCUT2D eigenvalue weighted by Gasteiger charge is -2.11. The molecule has 0 spiro atoms. The summed E-state index contributed by atoms with van der Waals surface area (Å²) in [4.78, 5) is 24.1. The molecule has 172 valence electrons. The van der Waals surface area contributed by atoms with Crippen LogP contribution in [0.2, 0.25) is 0 Å². The number of methoxy groups -OCH3 is 1. The Morgan fingerprint density at radius 3 is 2.06 bits per heavy atom. The Bertz CT molecular complexity index is 1220. The van der Waals surface area contributed by atoms with Gasteiger partial charge in [-0.05, 0) is 72.8 Å². The minimum atomic E-state index is -3.92. The van der Waals surface area contributed by atoms with Gasteiger partial charge in [0.15, 0.2) is 0 Å². The average molecular weight is 472 g/mol. The number of rotatable bonds is 8. The van der Waals surface area contributed by atoms with Crippen LogP contribution in [0.1, 0.15) is 10.4 Å². The number of nitrogens with one attached hydrogen (secondary N) is 4. The highest BCUT2D eigenvalue weighted by molar-refractivity contribution is 7.92. The smallest absolute Gasteiger partial charge is 0.269 e. The van der Waals surface area contributed by atoms with Gasteiger partial charge in [-0.15, -0.1) is 0 Å². The molecule has 0 bridgehead atoms. The summed E-state index contributed by atoms with van der Waals surface area (Å²) in [5.41, 5.74) is 5.56. The maximum atomic E-state index is 13.0. The summed E-state index contributed by atoms with van der Waals surface area (Å²) in [6, 6.07) is 16.9. The molecule has 0 unspecified atom stereocenters.